The van der Waals surface area contributed by atoms with Crippen molar-refractivity contribution in [1.29, 1.82) is 0 Å². The second-order valence-corrected chi connectivity index (χ2v) is 4.80. The van der Waals surface area contributed by atoms with Crippen LogP contribution in [0.1, 0.15) is 19.8 Å². The third kappa shape index (κ3) is 2.88. The molecular weight excluding hydrogens is 226 g/mol. The van der Waals surface area contributed by atoms with E-state index in [1.165, 1.54) is 19.4 Å². The van der Waals surface area contributed by atoms with E-state index in [1.54, 1.807) is 7.11 Å². The van der Waals surface area contributed by atoms with E-state index in [-0.39, 0.29) is 0 Å². The second kappa shape index (κ2) is 5.96. The molecule has 1 fully saturated rings. The highest BCUT2D eigenvalue weighted by atomic mass is 16.5. The van der Waals surface area contributed by atoms with Gasteiger partial charge in [0.2, 0.25) is 0 Å². The number of hydrogen-bond donors (Lipinski definition) is 2. The van der Waals surface area contributed by atoms with Gasteiger partial charge in [-0.15, -0.1) is 0 Å². The summed E-state index contributed by atoms with van der Waals surface area (Å²) in [4.78, 5) is 2.47. The van der Waals surface area contributed by atoms with Crippen LogP contribution in [0, 0.1) is 0 Å². The highest BCUT2D eigenvalue weighted by Crippen LogP contribution is 2.30. The summed E-state index contributed by atoms with van der Waals surface area (Å²) in [6.45, 7) is 5.63. The molecule has 0 spiro atoms. The summed E-state index contributed by atoms with van der Waals surface area (Å²) in [6, 6.07) is 6.36. The number of nitrogens with two attached hydrogens (primary N) is 1. The van der Waals surface area contributed by atoms with Gasteiger partial charge in [0.05, 0.1) is 18.5 Å². The first kappa shape index (κ1) is 13.0. The van der Waals surface area contributed by atoms with Crippen molar-refractivity contribution in [3.05, 3.63) is 18.2 Å². The Morgan fingerprint density at radius 1 is 1.50 bits per heavy atom. The van der Waals surface area contributed by atoms with Crippen LogP contribution in [0.25, 0.3) is 0 Å². The van der Waals surface area contributed by atoms with Gasteiger partial charge in [-0.25, -0.2) is 0 Å². The van der Waals surface area contributed by atoms with Gasteiger partial charge in [0.1, 0.15) is 5.75 Å². The molecule has 4 heteroatoms. The Kier molecular flexibility index (Phi) is 4.31. The highest BCUT2D eigenvalue weighted by Gasteiger charge is 2.19. The van der Waals surface area contributed by atoms with E-state index in [2.05, 4.69) is 17.1 Å². The molecule has 1 unspecified atom stereocenters. The number of rotatable bonds is 4. The van der Waals surface area contributed by atoms with Crippen molar-refractivity contribution in [2.75, 3.05) is 37.8 Å². The minimum absolute atomic E-state index is 0.480. The van der Waals surface area contributed by atoms with Crippen molar-refractivity contribution in [2.45, 2.75) is 25.8 Å². The lowest BCUT2D eigenvalue weighted by Crippen LogP contribution is -2.41. The molecule has 1 aliphatic heterocycles. The molecule has 1 aliphatic rings. The summed E-state index contributed by atoms with van der Waals surface area (Å²) >= 11 is 0. The van der Waals surface area contributed by atoms with Crippen LogP contribution in [-0.2, 0) is 0 Å². The average molecular weight is 249 g/mol. The maximum atomic E-state index is 6.08. The number of methoxy groups -OCH3 is 1. The monoisotopic (exact) mass is 249 g/mol. The van der Waals surface area contributed by atoms with E-state index in [0.717, 1.165) is 24.5 Å². The molecule has 1 aromatic rings. The molecule has 2 rings (SSSR count). The Labute approximate surface area is 109 Å². The third-order valence-electron chi connectivity index (χ3n) is 3.60. The van der Waals surface area contributed by atoms with Gasteiger partial charge in [-0.3, -0.25) is 0 Å². The van der Waals surface area contributed by atoms with Crippen molar-refractivity contribution >= 4 is 11.4 Å². The van der Waals surface area contributed by atoms with Gasteiger partial charge in [0.15, 0.2) is 0 Å². The van der Waals surface area contributed by atoms with Crippen molar-refractivity contribution in [2.24, 2.45) is 0 Å². The number of hydrogen-bond acceptors (Lipinski definition) is 4. The molecule has 0 aliphatic carbocycles. The van der Waals surface area contributed by atoms with Gasteiger partial charge in [0.25, 0.3) is 0 Å². The standard InChI is InChI=1S/C14H23N3O/c1-3-17-9-5-6-11(10-17)16-12-7-4-8-13(18-2)14(12)15/h4,7-8,11,16H,3,5-6,9-10,15H2,1-2H3. The van der Waals surface area contributed by atoms with E-state index in [0.29, 0.717) is 11.7 Å². The minimum Gasteiger partial charge on any atom is -0.495 e. The topological polar surface area (TPSA) is 50.5 Å². The van der Waals surface area contributed by atoms with E-state index in [4.69, 9.17) is 10.5 Å². The fourth-order valence-electron chi connectivity index (χ4n) is 2.53. The van der Waals surface area contributed by atoms with Crippen LogP contribution in [0.15, 0.2) is 18.2 Å². The molecule has 0 amide bonds. The number of ether oxygens (including phenoxy) is 1. The van der Waals surface area contributed by atoms with E-state index in [1.807, 2.05) is 18.2 Å². The number of benzene rings is 1. The van der Waals surface area contributed by atoms with Crippen LogP contribution in [-0.4, -0.2) is 37.7 Å². The Balaban J connectivity index is 2.04. The molecule has 100 valence electrons. The minimum atomic E-state index is 0.480. The average Bonchev–Trinajstić information content (AvgIpc) is 2.41. The molecule has 0 saturated carbocycles. The summed E-state index contributed by atoms with van der Waals surface area (Å²) < 4.78 is 5.24. The SMILES string of the molecule is CCN1CCCC(Nc2cccc(OC)c2N)C1. The molecule has 1 saturated heterocycles. The lowest BCUT2D eigenvalue weighted by atomic mass is 10.1. The molecule has 18 heavy (non-hydrogen) atoms. The largest absolute Gasteiger partial charge is 0.495 e. The molecule has 4 nitrogen and oxygen atoms in total. The van der Waals surface area contributed by atoms with Crippen LogP contribution in [0.4, 0.5) is 11.4 Å². The van der Waals surface area contributed by atoms with Crippen molar-refractivity contribution in [3.8, 4) is 5.75 Å². The maximum Gasteiger partial charge on any atom is 0.143 e. The first-order valence-corrected chi connectivity index (χ1v) is 6.66. The third-order valence-corrected chi connectivity index (χ3v) is 3.60. The summed E-state index contributed by atoms with van der Waals surface area (Å²) in [7, 11) is 1.65. The molecule has 0 bridgehead atoms. The summed E-state index contributed by atoms with van der Waals surface area (Å²) in [5, 5.41) is 3.54. The van der Waals surface area contributed by atoms with Crippen LogP contribution in [0.3, 0.4) is 0 Å². The lowest BCUT2D eigenvalue weighted by Gasteiger charge is -2.33. The molecule has 3 N–H and O–H groups in total. The number of anilines is 2. The lowest BCUT2D eigenvalue weighted by molar-refractivity contribution is 0.227. The predicted molar refractivity (Wildman–Crippen MR) is 76.2 cm³/mol. The Bertz CT molecular complexity index is 395. The van der Waals surface area contributed by atoms with Crippen LogP contribution >= 0.6 is 0 Å². The summed E-state index contributed by atoms with van der Waals surface area (Å²) in [5.74, 6) is 0.739. The molecular formula is C14H23N3O. The first-order valence-electron chi connectivity index (χ1n) is 6.66. The molecule has 0 radical (unpaired) electrons. The van der Waals surface area contributed by atoms with E-state index < -0.39 is 0 Å². The van der Waals surface area contributed by atoms with Gasteiger partial charge in [-0.2, -0.15) is 0 Å². The highest BCUT2D eigenvalue weighted by molar-refractivity contribution is 5.73. The second-order valence-electron chi connectivity index (χ2n) is 4.80. The number of likely N-dealkylation sites (N-methyl/N-ethyl adjacent to an activating group) is 1. The molecule has 0 aromatic heterocycles. The van der Waals surface area contributed by atoms with Gasteiger partial charge >= 0.3 is 0 Å². The molecule has 1 atom stereocenters. The fraction of sp³-hybridized carbons (Fsp3) is 0.571. The number of likely N-dealkylation sites (tertiary alicyclic amines) is 1. The van der Waals surface area contributed by atoms with Crippen LogP contribution in [0.2, 0.25) is 0 Å². The Hall–Kier alpha value is -1.42. The number of nitrogens with zero attached hydrogens (tertiary/aromatic N) is 1. The predicted octanol–water partition coefficient (Wildman–Crippen LogP) is 2.17. The normalized spacial score (nSPS) is 20.7. The summed E-state index contributed by atoms with van der Waals surface area (Å²) in [5.41, 5.74) is 7.76. The smallest absolute Gasteiger partial charge is 0.143 e. The zero-order valence-corrected chi connectivity index (χ0v) is 11.3. The number of para-hydroxylation sites is 1. The fourth-order valence-corrected chi connectivity index (χ4v) is 2.53. The van der Waals surface area contributed by atoms with Crippen LogP contribution in [0.5, 0.6) is 5.75 Å². The van der Waals surface area contributed by atoms with Crippen molar-refractivity contribution < 1.29 is 4.74 Å². The zero-order chi connectivity index (χ0) is 13.0. The summed E-state index contributed by atoms with van der Waals surface area (Å²) in [6.07, 6.45) is 2.45. The quantitative estimate of drug-likeness (QED) is 0.803. The number of nitrogen functional groups attached to an aromatic ring is 1. The van der Waals surface area contributed by atoms with E-state index in [9.17, 15) is 0 Å². The van der Waals surface area contributed by atoms with Gasteiger partial charge in [-0.05, 0) is 38.1 Å². The zero-order valence-electron chi connectivity index (χ0n) is 11.3. The van der Waals surface area contributed by atoms with E-state index >= 15 is 0 Å². The van der Waals surface area contributed by atoms with Gasteiger partial charge in [0, 0.05) is 12.6 Å². The van der Waals surface area contributed by atoms with Crippen molar-refractivity contribution in [3.63, 3.8) is 0 Å². The van der Waals surface area contributed by atoms with Crippen molar-refractivity contribution in [1.82, 2.24) is 4.90 Å². The van der Waals surface area contributed by atoms with Crippen LogP contribution < -0.4 is 15.8 Å². The Morgan fingerprint density at radius 2 is 2.33 bits per heavy atom. The molecule has 1 aromatic carbocycles. The Morgan fingerprint density at radius 3 is 3.06 bits per heavy atom. The molecule has 1 heterocycles. The maximum absolute atomic E-state index is 6.08. The number of nitrogens with one attached hydrogen (secondary N) is 1. The first-order chi connectivity index (χ1) is 8.74. The van der Waals surface area contributed by atoms with Gasteiger partial charge < -0.3 is 20.7 Å². The van der Waals surface area contributed by atoms with Gasteiger partial charge in [-0.1, -0.05) is 13.0 Å². The number of piperidine rings is 1.